The van der Waals surface area contributed by atoms with E-state index in [0.29, 0.717) is 42.5 Å². The first kappa shape index (κ1) is 20.0. The highest BCUT2D eigenvalue weighted by Crippen LogP contribution is 2.26. The van der Waals surface area contributed by atoms with Crippen LogP contribution >= 0.6 is 11.6 Å². The summed E-state index contributed by atoms with van der Waals surface area (Å²) in [6, 6.07) is 8.06. The molecule has 0 bridgehead atoms. The SMILES string of the molecule is CCNC(=O)N1CCC(c2cc(=O)n3[nH]cc(C(=O)Nc4ccc(Cl)cc4)c3n2)C1. The van der Waals surface area contributed by atoms with Gasteiger partial charge in [0.05, 0.1) is 5.69 Å². The lowest BCUT2D eigenvalue weighted by molar-refractivity contribution is 0.102. The van der Waals surface area contributed by atoms with Crippen molar-refractivity contribution in [2.24, 2.45) is 0 Å². The molecule has 4 rings (SSSR count). The minimum atomic E-state index is -0.393. The van der Waals surface area contributed by atoms with Crippen LogP contribution in [0.5, 0.6) is 0 Å². The summed E-state index contributed by atoms with van der Waals surface area (Å²) in [5, 5.41) is 8.90. The molecule has 3 N–H and O–H groups in total. The lowest BCUT2D eigenvalue weighted by Crippen LogP contribution is -2.38. The summed E-state index contributed by atoms with van der Waals surface area (Å²) in [4.78, 5) is 43.7. The Morgan fingerprint density at radius 3 is 2.80 bits per heavy atom. The van der Waals surface area contributed by atoms with Crippen molar-refractivity contribution < 1.29 is 9.59 Å². The van der Waals surface area contributed by atoms with Gasteiger partial charge in [-0.1, -0.05) is 11.6 Å². The van der Waals surface area contributed by atoms with Crippen LogP contribution in [0.3, 0.4) is 0 Å². The number of halogens is 1. The fourth-order valence-corrected chi connectivity index (χ4v) is 3.68. The number of carbonyl (C=O) groups excluding carboxylic acids is 2. The molecule has 3 amide bonds. The van der Waals surface area contributed by atoms with E-state index >= 15 is 0 Å². The summed E-state index contributed by atoms with van der Waals surface area (Å²) in [6.07, 6.45) is 2.16. The van der Waals surface area contributed by atoms with E-state index in [0.717, 1.165) is 0 Å². The van der Waals surface area contributed by atoms with Crippen LogP contribution in [0.15, 0.2) is 41.3 Å². The molecular formula is C20H21ClN6O3. The van der Waals surface area contributed by atoms with Gasteiger partial charge in [-0.15, -0.1) is 0 Å². The van der Waals surface area contributed by atoms with Gasteiger partial charge in [0, 0.05) is 48.5 Å². The topological polar surface area (TPSA) is 112 Å². The summed E-state index contributed by atoms with van der Waals surface area (Å²) in [5.41, 5.74) is 1.35. The van der Waals surface area contributed by atoms with Crippen molar-refractivity contribution in [3.05, 3.63) is 63.2 Å². The molecule has 3 heterocycles. The maximum absolute atomic E-state index is 12.8. The van der Waals surface area contributed by atoms with Crippen LogP contribution in [0.25, 0.3) is 5.65 Å². The van der Waals surface area contributed by atoms with Gasteiger partial charge in [-0.3, -0.25) is 14.7 Å². The Kier molecular flexibility index (Phi) is 5.45. The number of nitrogens with one attached hydrogen (secondary N) is 3. The molecule has 156 valence electrons. The first-order valence-corrected chi connectivity index (χ1v) is 10.0. The Morgan fingerprint density at radius 2 is 2.07 bits per heavy atom. The molecule has 1 unspecified atom stereocenters. The van der Waals surface area contributed by atoms with Gasteiger partial charge < -0.3 is 15.5 Å². The molecule has 1 aromatic carbocycles. The Balaban J connectivity index is 1.60. The third-order valence-electron chi connectivity index (χ3n) is 5.09. The molecule has 0 radical (unpaired) electrons. The molecule has 0 aliphatic carbocycles. The second kappa shape index (κ2) is 8.19. The van der Waals surface area contributed by atoms with Crippen LogP contribution < -0.4 is 16.2 Å². The minimum absolute atomic E-state index is 0.0626. The van der Waals surface area contributed by atoms with Crippen molar-refractivity contribution in [3.63, 3.8) is 0 Å². The van der Waals surface area contributed by atoms with Crippen molar-refractivity contribution in [3.8, 4) is 0 Å². The fraction of sp³-hybridized carbons (Fsp3) is 0.300. The molecule has 1 atom stereocenters. The van der Waals surface area contributed by atoms with Gasteiger partial charge in [0.2, 0.25) is 0 Å². The number of urea groups is 1. The van der Waals surface area contributed by atoms with Gasteiger partial charge in [0.15, 0.2) is 5.65 Å². The fourth-order valence-electron chi connectivity index (χ4n) is 3.56. The van der Waals surface area contributed by atoms with Crippen molar-refractivity contribution in [2.45, 2.75) is 19.3 Å². The Bertz CT molecular complexity index is 1150. The molecule has 0 saturated carbocycles. The number of hydrogen-bond acceptors (Lipinski definition) is 4. The number of carbonyl (C=O) groups is 2. The summed E-state index contributed by atoms with van der Waals surface area (Å²) < 4.78 is 1.23. The zero-order valence-corrected chi connectivity index (χ0v) is 17.1. The van der Waals surface area contributed by atoms with Crippen molar-refractivity contribution in [1.29, 1.82) is 0 Å². The zero-order valence-electron chi connectivity index (χ0n) is 16.3. The molecular weight excluding hydrogens is 408 g/mol. The van der Waals surface area contributed by atoms with E-state index in [2.05, 4.69) is 20.7 Å². The minimum Gasteiger partial charge on any atom is -0.338 e. The third-order valence-corrected chi connectivity index (χ3v) is 5.34. The molecule has 1 fully saturated rings. The normalized spacial score (nSPS) is 16.1. The average Bonchev–Trinajstić information content (AvgIpc) is 3.37. The first-order chi connectivity index (χ1) is 14.5. The second-order valence-electron chi connectivity index (χ2n) is 7.09. The molecule has 30 heavy (non-hydrogen) atoms. The van der Waals surface area contributed by atoms with E-state index in [1.165, 1.54) is 16.8 Å². The lowest BCUT2D eigenvalue weighted by atomic mass is 10.0. The summed E-state index contributed by atoms with van der Waals surface area (Å²) in [5.74, 6) is -0.456. The second-order valence-corrected chi connectivity index (χ2v) is 7.53. The molecule has 1 aliphatic rings. The van der Waals surface area contributed by atoms with E-state index < -0.39 is 5.91 Å². The number of aromatic amines is 1. The number of hydrogen-bond donors (Lipinski definition) is 3. The van der Waals surface area contributed by atoms with E-state index in [1.54, 1.807) is 29.2 Å². The van der Waals surface area contributed by atoms with E-state index in [1.807, 2.05) is 6.92 Å². The number of H-pyrrole nitrogens is 1. The van der Waals surface area contributed by atoms with Crippen LogP contribution in [-0.2, 0) is 0 Å². The summed E-state index contributed by atoms with van der Waals surface area (Å²) in [7, 11) is 0. The van der Waals surface area contributed by atoms with Crippen molar-refractivity contribution >= 4 is 34.9 Å². The highest BCUT2D eigenvalue weighted by atomic mass is 35.5. The van der Waals surface area contributed by atoms with Gasteiger partial charge in [-0.2, -0.15) is 0 Å². The molecule has 9 nitrogen and oxygen atoms in total. The van der Waals surface area contributed by atoms with Gasteiger partial charge in [0.25, 0.3) is 11.5 Å². The monoisotopic (exact) mass is 428 g/mol. The number of aromatic nitrogens is 3. The first-order valence-electron chi connectivity index (χ1n) is 9.67. The summed E-state index contributed by atoms with van der Waals surface area (Å²) >= 11 is 5.88. The summed E-state index contributed by atoms with van der Waals surface area (Å²) in [6.45, 7) is 3.49. The van der Waals surface area contributed by atoms with Crippen molar-refractivity contribution in [1.82, 2.24) is 24.8 Å². The van der Waals surface area contributed by atoms with Crippen molar-refractivity contribution in [2.75, 3.05) is 25.0 Å². The number of anilines is 1. The Labute approximate surface area is 177 Å². The predicted molar refractivity (Wildman–Crippen MR) is 113 cm³/mol. The van der Waals surface area contributed by atoms with E-state index in [9.17, 15) is 14.4 Å². The quantitative estimate of drug-likeness (QED) is 0.592. The van der Waals surface area contributed by atoms with Gasteiger partial charge in [0.1, 0.15) is 5.56 Å². The van der Waals surface area contributed by atoms with Crippen LogP contribution in [0.1, 0.15) is 35.3 Å². The molecule has 3 aromatic rings. The largest absolute Gasteiger partial charge is 0.338 e. The maximum Gasteiger partial charge on any atom is 0.317 e. The molecule has 10 heteroatoms. The van der Waals surface area contributed by atoms with Crippen LogP contribution in [0, 0.1) is 0 Å². The van der Waals surface area contributed by atoms with Crippen LogP contribution in [-0.4, -0.2) is 51.1 Å². The highest BCUT2D eigenvalue weighted by molar-refractivity contribution is 6.30. The number of nitrogens with zero attached hydrogens (tertiary/aromatic N) is 3. The Morgan fingerprint density at radius 1 is 1.30 bits per heavy atom. The lowest BCUT2D eigenvalue weighted by Gasteiger charge is -2.16. The molecule has 2 aromatic heterocycles. The standard InChI is InChI=1S/C20H21ClN6O3/c1-2-22-20(30)26-8-7-12(11-26)16-9-17(28)27-18(25-16)15(10-23-27)19(29)24-14-5-3-13(21)4-6-14/h3-6,9-10,12,23H,2,7-8,11H2,1H3,(H,22,30)(H,24,29). The highest BCUT2D eigenvalue weighted by Gasteiger charge is 2.29. The van der Waals surface area contributed by atoms with Gasteiger partial charge in [-0.25, -0.2) is 14.3 Å². The smallest absolute Gasteiger partial charge is 0.317 e. The molecule has 1 aliphatic heterocycles. The molecule has 1 saturated heterocycles. The zero-order chi connectivity index (χ0) is 21.3. The maximum atomic E-state index is 12.8. The number of benzene rings is 1. The van der Waals surface area contributed by atoms with E-state index in [-0.39, 0.29) is 28.7 Å². The predicted octanol–water partition coefficient (Wildman–Crippen LogP) is 2.45. The van der Waals surface area contributed by atoms with Gasteiger partial charge >= 0.3 is 6.03 Å². The number of likely N-dealkylation sites (tertiary alicyclic amines) is 1. The molecule has 0 spiro atoms. The number of fused-ring (bicyclic) bond motifs is 1. The number of rotatable bonds is 4. The van der Waals surface area contributed by atoms with Crippen LogP contribution in [0.4, 0.5) is 10.5 Å². The third kappa shape index (κ3) is 3.88. The van der Waals surface area contributed by atoms with Gasteiger partial charge in [-0.05, 0) is 37.6 Å². The van der Waals surface area contributed by atoms with Crippen LogP contribution in [0.2, 0.25) is 5.02 Å². The average molecular weight is 429 g/mol. The van der Waals surface area contributed by atoms with E-state index in [4.69, 9.17) is 11.6 Å². The number of amides is 3. The Hall–Kier alpha value is -3.33.